The summed E-state index contributed by atoms with van der Waals surface area (Å²) in [5.41, 5.74) is 2.83. The summed E-state index contributed by atoms with van der Waals surface area (Å²) in [5, 5.41) is 6.34. The van der Waals surface area contributed by atoms with Gasteiger partial charge in [0.2, 0.25) is 0 Å². The first-order valence-electron chi connectivity index (χ1n) is 7.02. The maximum Gasteiger partial charge on any atom is 0.319 e. The second-order valence-corrected chi connectivity index (χ2v) is 5.40. The Morgan fingerprint density at radius 1 is 1.18 bits per heavy atom. The molecule has 2 aromatic rings. The number of methoxy groups -OCH3 is 1. The number of aryl methyl sites for hydroxylation is 1. The standard InChI is InChI=1S/C17H19ClN2O2/c1-12-3-8-16(22-2)15(11-12)20-17(21)19-10-9-13-4-6-14(18)7-5-13/h3-8,11H,9-10H2,1-2H3,(H2,19,20,21). The Hall–Kier alpha value is -2.20. The normalized spacial score (nSPS) is 10.1. The van der Waals surface area contributed by atoms with E-state index in [1.54, 1.807) is 7.11 Å². The molecule has 0 saturated heterocycles. The quantitative estimate of drug-likeness (QED) is 0.874. The highest BCUT2D eigenvalue weighted by molar-refractivity contribution is 6.30. The molecule has 0 fully saturated rings. The van der Waals surface area contributed by atoms with Crippen LogP contribution >= 0.6 is 11.6 Å². The molecule has 116 valence electrons. The molecule has 0 aliphatic carbocycles. The molecule has 0 spiro atoms. The van der Waals surface area contributed by atoms with Crippen LogP contribution in [0.1, 0.15) is 11.1 Å². The summed E-state index contributed by atoms with van der Waals surface area (Å²) in [7, 11) is 1.58. The van der Waals surface area contributed by atoms with E-state index in [-0.39, 0.29) is 6.03 Å². The van der Waals surface area contributed by atoms with E-state index in [1.165, 1.54) is 0 Å². The van der Waals surface area contributed by atoms with Crippen LogP contribution in [0, 0.1) is 6.92 Å². The maximum atomic E-state index is 11.9. The van der Waals surface area contributed by atoms with Gasteiger partial charge in [-0.05, 0) is 48.7 Å². The Kier molecular flexibility index (Phi) is 5.67. The largest absolute Gasteiger partial charge is 0.495 e. The molecule has 22 heavy (non-hydrogen) atoms. The lowest BCUT2D eigenvalue weighted by Gasteiger charge is -2.12. The summed E-state index contributed by atoms with van der Waals surface area (Å²) in [5.74, 6) is 0.637. The molecular formula is C17H19ClN2O2. The van der Waals surface area contributed by atoms with Crippen molar-refractivity contribution in [2.24, 2.45) is 0 Å². The summed E-state index contributed by atoms with van der Waals surface area (Å²) in [6.45, 7) is 2.50. The minimum Gasteiger partial charge on any atom is -0.495 e. The van der Waals surface area contributed by atoms with Gasteiger partial charge >= 0.3 is 6.03 Å². The third-order valence-electron chi connectivity index (χ3n) is 3.22. The fraction of sp³-hybridized carbons (Fsp3) is 0.235. The second-order valence-electron chi connectivity index (χ2n) is 4.96. The van der Waals surface area contributed by atoms with Gasteiger partial charge in [-0.25, -0.2) is 4.79 Å². The van der Waals surface area contributed by atoms with E-state index in [2.05, 4.69) is 10.6 Å². The van der Waals surface area contributed by atoms with E-state index in [0.29, 0.717) is 23.0 Å². The number of nitrogens with one attached hydrogen (secondary N) is 2. The van der Waals surface area contributed by atoms with E-state index < -0.39 is 0 Å². The van der Waals surface area contributed by atoms with Crippen LogP contribution in [0.5, 0.6) is 5.75 Å². The molecule has 0 atom stereocenters. The van der Waals surface area contributed by atoms with Gasteiger partial charge in [0.25, 0.3) is 0 Å². The van der Waals surface area contributed by atoms with Gasteiger partial charge in [-0.15, -0.1) is 0 Å². The molecule has 0 unspecified atom stereocenters. The van der Waals surface area contributed by atoms with Crippen molar-refractivity contribution in [1.82, 2.24) is 5.32 Å². The second kappa shape index (κ2) is 7.71. The third-order valence-corrected chi connectivity index (χ3v) is 3.47. The van der Waals surface area contributed by atoms with Crippen LogP contribution in [-0.4, -0.2) is 19.7 Å². The predicted molar refractivity (Wildman–Crippen MR) is 89.9 cm³/mol. The molecule has 2 rings (SSSR count). The minimum absolute atomic E-state index is 0.252. The van der Waals surface area contributed by atoms with Gasteiger partial charge in [-0.1, -0.05) is 29.8 Å². The smallest absolute Gasteiger partial charge is 0.319 e. The molecule has 0 heterocycles. The van der Waals surface area contributed by atoms with E-state index >= 15 is 0 Å². The van der Waals surface area contributed by atoms with Crippen LogP contribution in [0.2, 0.25) is 5.02 Å². The summed E-state index contributed by atoms with van der Waals surface area (Å²) in [6, 6.07) is 13.0. The number of benzene rings is 2. The molecular weight excluding hydrogens is 300 g/mol. The molecule has 0 radical (unpaired) electrons. The van der Waals surface area contributed by atoms with Crippen LogP contribution in [0.3, 0.4) is 0 Å². The SMILES string of the molecule is COc1ccc(C)cc1NC(=O)NCCc1ccc(Cl)cc1. The number of halogens is 1. The molecule has 4 nitrogen and oxygen atoms in total. The average Bonchev–Trinajstić information content (AvgIpc) is 2.49. The molecule has 0 aliphatic rings. The molecule has 2 N–H and O–H groups in total. The molecule has 2 amide bonds. The Bertz CT molecular complexity index is 642. The van der Waals surface area contributed by atoms with Gasteiger partial charge in [0, 0.05) is 11.6 Å². The third kappa shape index (κ3) is 4.67. The fourth-order valence-electron chi connectivity index (χ4n) is 2.06. The summed E-state index contributed by atoms with van der Waals surface area (Å²) < 4.78 is 5.23. The number of urea groups is 1. The van der Waals surface area contributed by atoms with Crippen molar-refractivity contribution in [2.75, 3.05) is 19.0 Å². The molecule has 0 saturated carbocycles. The van der Waals surface area contributed by atoms with Crippen LogP contribution in [0.15, 0.2) is 42.5 Å². The zero-order valence-electron chi connectivity index (χ0n) is 12.7. The number of carbonyl (C=O) groups is 1. The lowest BCUT2D eigenvalue weighted by atomic mass is 10.1. The zero-order valence-corrected chi connectivity index (χ0v) is 13.4. The Morgan fingerprint density at radius 2 is 1.91 bits per heavy atom. The Morgan fingerprint density at radius 3 is 2.59 bits per heavy atom. The van der Waals surface area contributed by atoms with Crippen molar-refractivity contribution in [3.63, 3.8) is 0 Å². The fourth-order valence-corrected chi connectivity index (χ4v) is 2.18. The molecule has 0 aromatic heterocycles. The molecule has 5 heteroatoms. The summed E-state index contributed by atoms with van der Waals surface area (Å²) in [6.07, 6.45) is 0.746. The Labute approximate surface area is 135 Å². The van der Waals surface area contributed by atoms with Crippen LogP contribution in [-0.2, 0) is 6.42 Å². The van der Waals surface area contributed by atoms with Crippen LogP contribution in [0.25, 0.3) is 0 Å². The molecule has 2 aromatic carbocycles. The molecule has 0 aliphatic heterocycles. The van der Waals surface area contributed by atoms with Crippen molar-refractivity contribution < 1.29 is 9.53 Å². The molecule has 0 bridgehead atoms. The number of amides is 2. The van der Waals surface area contributed by atoms with E-state index in [1.807, 2.05) is 49.4 Å². The lowest BCUT2D eigenvalue weighted by Crippen LogP contribution is -2.30. The van der Waals surface area contributed by atoms with Gasteiger partial charge in [0.1, 0.15) is 5.75 Å². The van der Waals surface area contributed by atoms with Crippen molar-refractivity contribution in [1.29, 1.82) is 0 Å². The van der Waals surface area contributed by atoms with Gasteiger partial charge in [0.15, 0.2) is 0 Å². The number of carbonyl (C=O) groups excluding carboxylic acids is 1. The van der Waals surface area contributed by atoms with E-state index in [4.69, 9.17) is 16.3 Å². The van der Waals surface area contributed by atoms with Crippen LogP contribution < -0.4 is 15.4 Å². The van der Waals surface area contributed by atoms with Crippen molar-refractivity contribution >= 4 is 23.3 Å². The Balaban J connectivity index is 1.85. The zero-order chi connectivity index (χ0) is 15.9. The van der Waals surface area contributed by atoms with Gasteiger partial charge in [-0.3, -0.25) is 0 Å². The van der Waals surface area contributed by atoms with Gasteiger partial charge in [0.05, 0.1) is 12.8 Å². The lowest BCUT2D eigenvalue weighted by molar-refractivity contribution is 0.252. The number of anilines is 1. The highest BCUT2D eigenvalue weighted by atomic mass is 35.5. The highest BCUT2D eigenvalue weighted by Crippen LogP contribution is 2.24. The summed E-state index contributed by atoms with van der Waals surface area (Å²) >= 11 is 5.84. The van der Waals surface area contributed by atoms with Crippen molar-refractivity contribution in [3.8, 4) is 5.75 Å². The summed E-state index contributed by atoms with van der Waals surface area (Å²) in [4.78, 5) is 11.9. The van der Waals surface area contributed by atoms with E-state index in [0.717, 1.165) is 17.5 Å². The number of rotatable bonds is 5. The van der Waals surface area contributed by atoms with E-state index in [9.17, 15) is 4.79 Å². The number of hydrogen-bond donors (Lipinski definition) is 2. The first-order valence-corrected chi connectivity index (χ1v) is 7.40. The van der Waals surface area contributed by atoms with Gasteiger partial charge in [-0.2, -0.15) is 0 Å². The number of ether oxygens (including phenoxy) is 1. The van der Waals surface area contributed by atoms with Crippen molar-refractivity contribution in [3.05, 3.63) is 58.6 Å². The highest BCUT2D eigenvalue weighted by Gasteiger charge is 2.07. The average molecular weight is 319 g/mol. The number of hydrogen-bond acceptors (Lipinski definition) is 2. The van der Waals surface area contributed by atoms with Crippen molar-refractivity contribution in [2.45, 2.75) is 13.3 Å². The maximum absolute atomic E-state index is 11.9. The topological polar surface area (TPSA) is 50.4 Å². The first kappa shape index (κ1) is 16.2. The minimum atomic E-state index is -0.252. The monoisotopic (exact) mass is 318 g/mol. The van der Waals surface area contributed by atoms with Gasteiger partial charge < -0.3 is 15.4 Å². The predicted octanol–water partition coefficient (Wildman–Crippen LogP) is 4.02. The first-order chi connectivity index (χ1) is 10.6. The van der Waals surface area contributed by atoms with Crippen LogP contribution in [0.4, 0.5) is 10.5 Å².